The first-order valence-electron chi connectivity index (χ1n) is 8.73. The summed E-state index contributed by atoms with van der Waals surface area (Å²) in [4.78, 5) is 25.3. The highest BCUT2D eigenvalue weighted by Crippen LogP contribution is 2.62. The van der Waals surface area contributed by atoms with Crippen molar-refractivity contribution in [3.63, 3.8) is 0 Å². The number of carbonyl (C=O) groups is 2. The molecular formula is C18H23N2O6S-. The first-order valence-corrected chi connectivity index (χ1v) is 9.76. The molecule has 0 spiro atoms. The molecule has 1 saturated heterocycles. The van der Waals surface area contributed by atoms with Crippen molar-refractivity contribution in [2.45, 2.75) is 44.8 Å². The molecule has 148 valence electrons. The van der Waals surface area contributed by atoms with Crippen LogP contribution in [0.15, 0.2) is 30.3 Å². The normalized spacial score (nSPS) is 28.8. The minimum Gasteiger partial charge on any atom is -0.758 e. The fourth-order valence-electron chi connectivity index (χ4n) is 3.74. The van der Waals surface area contributed by atoms with Gasteiger partial charge in [0.15, 0.2) is 5.54 Å². The molecule has 0 N–H and O–H groups in total. The fraction of sp³-hybridized carbons (Fsp3) is 0.556. The molecule has 2 aliphatic rings. The van der Waals surface area contributed by atoms with Crippen molar-refractivity contribution in [2.24, 2.45) is 5.92 Å². The molecule has 1 heterocycles. The number of amides is 1. The van der Waals surface area contributed by atoms with E-state index in [1.165, 1.54) is 0 Å². The van der Waals surface area contributed by atoms with Crippen LogP contribution in [-0.4, -0.2) is 54.5 Å². The molecule has 4 unspecified atom stereocenters. The molecule has 8 nitrogen and oxygen atoms in total. The maximum atomic E-state index is 13.2. The number of cyclic esters (lactones) is 1. The van der Waals surface area contributed by atoms with Gasteiger partial charge in [-0.2, -0.15) is 0 Å². The zero-order valence-electron chi connectivity index (χ0n) is 15.7. The summed E-state index contributed by atoms with van der Waals surface area (Å²) in [5, 5.41) is 0.965. The third-order valence-electron chi connectivity index (χ3n) is 4.86. The van der Waals surface area contributed by atoms with Crippen molar-refractivity contribution in [3.8, 4) is 0 Å². The van der Waals surface area contributed by atoms with E-state index in [0.29, 0.717) is 0 Å². The molecule has 1 aromatic carbocycles. The number of hydrogen-bond donors (Lipinski definition) is 0. The van der Waals surface area contributed by atoms with Crippen molar-refractivity contribution in [1.29, 1.82) is 0 Å². The Balaban J connectivity index is 2.09. The molecule has 1 saturated carbocycles. The predicted octanol–water partition coefficient (Wildman–Crippen LogP) is 1.96. The molecule has 3 rings (SSSR count). The summed E-state index contributed by atoms with van der Waals surface area (Å²) in [5.41, 5.74) is -1.54. The Bertz CT molecular complexity index is 765. The Morgan fingerprint density at radius 3 is 2.48 bits per heavy atom. The Kier molecular flexibility index (Phi) is 5.04. The lowest BCUT2D eigenvalue weighted by Crippen LogP contribution is -2.57. The topological polar surface area (TPSA) is 99.2 Å². The average Bonchev–Trinajstić information content (AvgIpc) is 2.96. The molecular weight excluding hydrogens is 372 g/mol. The van der Waals surface area contributed by atoms with Crippen LogP contribution in [0.4, 0.5) is 4.79 Å². The standard InChI is InChI=1S/C18H24N2O6S/c1-12-14(13-8-6-5-7-9-13)18(12,15(21)26-17(2,3)4)20(27(23)24)19-10-11-25-16(19)22/h5-9,12,14H,10-11H2,1-4H3,(H,23,24)/p-1. The molecule has 1 aliphatic carbocycles. The van der Waals surface area contributed by atoms with Crippen LogP contribution in [0.3, 0.4) is 0 Å². The number of hydrogen-bond acceptors (Lipinski definition) is 6. The lowest BCUT2D eigenvalue weighted by Gasteiger charge is -2.38. The van der Waals surface area contributed by atoms with Gasteiger partial charge in [0.2, 0.25) is 0 Å². The Labute approximate surface area is 160 Å². The van der Waals surface area contributed by atoms with Crippen molar-refractivity contribution in [1.82, 2.24) is 9.42 Å². The zero-order valence-corrected chi connectivity index (χ0v) is 16.5. The Morgan fingerprint density at radius 1 is 1.37 bits per heavy atom. The summed E-state index contributed by atoms with van der Waals surface area (Å²) < 4.78 is 35.7. The fourth-order valence-corrected chi connectivity index (χ4v) is 4.65. The van der Waals surface area contributed by atoms with Crippen LogP contribution in [0.25, 0.3) is 0 Å². The van der Waals surface area contributed by atoms with Crippen LogP contribution in [0.5, 0.6) is 0 Å². The summed E-state index contributed by atoms with van der Waals surface area (Å²) in [6, 6.07) is 9.15. The first-order chi connectivity index (χ1) is 12.6. The van der Waals surface area contributed by atoms with Crippen LogP contribution in [0, 0.1) is 5.92 Å². The van der Waals surface area contributed by atoms with E-state index in [4.69, 9.17) is 9.47 Å². The van der Waals surface area contributed by atoms with E-state index in [9.17, 15) is 18.4 Å². The quantitative estimate of drug-likeness (QED) is 0.558. The third kappa shape index (κ3) is 3.35. The second-order valence-corrected chi connectivity index (χ2v) is 8.51. The van der Waals surface area contributed by atoms with Gasteiger partial charge in [0, 0.05) is 17.2 Å². The largest absolute Gasteiger partial charge is 0.758 e. The summed E-state index contributed by atoms with van der Waals surface area (Å²) in [6.45, 7) is 7.03. The number of carbonyl (C=O) groups excluding carboxylic acids is 2. The van der Waals surface area contributed by atoms with Crippen molar-refractivity contribution < 1.29 is 27.8 Å². The summed E-state index contributed by atoms with van der Waals surface area (Å²) >= 11 is -2.88. The molecule has 1 amide bonds. The lowest BCUT2D eigenvalue weighted by atomic mass is 10.1. The molecule has 27 heavy (non-hydrogen) atoms. The number of rotatable bonds is 5. The van der Waals surface area contributed by atoms with E-state index in [1.54, 1.807) is 27.7 Å². The maximum absolute atomic E-state index is 13.2. The molecule has 2 fully saturated rings. The van der Waals surface area contributed by atoms with Gasteiger partial charge in [-0.3, -0.25) is 4.21 Å². The number of esters is 1. The molecule has 9 heteroatoms. The van der Waals surface area contributed by atoms with Gasteiger partial charge in [0.1, 0.15) is 12.2 Å². The van der Waals surface area contributed by atoms with E-state index in [0.717, 1.165) is 15.0 Å². The smallest absolute Gasteiger partial charge is 0.425 e. The molecule has 1 aromatic rings. The van der Waals surface area contributed by atoms with Gasteiger partial charge in [-0.1, -0.05) is 37.3 Å². The Morgan fingerprint density at radius 2 is 2.00 bits per heavy atom. The highest BCUT2D eigenvalue weighted by atomic mass is 32.2. The van der Waals surface area contributed by atoms with Crippen molar-refractivity contribution in [2.75, 3.05) is 13.2 Å². The summed E-state index contributed by atoms with van der Waals surface area (Å²) in [5.74, 6) is -1.51. The monoisotopic (exact) mass is 395 g/mol. The summed E-state index contributed by atoms with van der Waals surface area (Å²) in [7, 11) is 0. The molecule has 0 aromatic heterocycles. The van der Waals surface area contributed by atoms with Gasteiger partial charge in [-0.25, -0.2) is 14.6 Å². The number of ether oxygens (including phenoxy) is 2. The highest BCUT2D eigenvalue weighted by Gasteiger charge is 2.75. The Hall–Kier alpha value is -1.97. The van der Waals surface area contributed by atoms with Gasteiger partial charge < -0.3 is 14.0 Å². The van der Waals surface area contributed by atoms with Crippen LogP contribution in [0.1, 0.15) is 39.2 Å². The highest BCUT2D eigenvalue weighted by molar-refractivity contribution is 7.76. The predicted molar refractivity (Wildman–Crippen MR) is 95.7 cm³/mol. The second-order valence-electron chi connectivity index (χ2n) is 7.73. The number of benzene rings is 1. The molecule has 0 bridgehead atoms. The van der Waals surface area contributed by atoms with Crippen LogP contribution in [0.2, 0.25) is 0 Å². The van der Waals surface area contributed by atoms with Crippen molar-refractivity contribution >= 4 is 23.3 Å². The molecule has 4 atom stereocenters. The van der Waals surface area contributed by atoms with Gasteiger partial charge in [0.25, 0.3) is 0 Å². The minimum atomic E-state index is -2.88. The number of hydrazine groups is 1. The first kappa shape index (κ1) is 19.8. The van der Waals surface area contributed by atoms with E-state index in [2.05, 4.69) is 0 Å². The number of nitrogens with zero attached hydrogens (tertiary/aromatic N) is 2. The molecule has 1 aliphatic heterocycles. The van der Waals surface area contributed by atoms with Crippen LogP contribution in [-0.2, 0) is 25.5 Å². The van der Waals surface area contributed by atoms with E-state index in [1.807, 2.05) is 30.3 Å². The zero-order chi connectivity index (χ0) is 20.0. The molecule has 0 radical (unpaired) electrons. The lowest BCUT2D eigenvalue weighted by molar-refractivity contribution is -0.166. The van der Waals surface area contributed by atoms with Crippen LogP contribution >= 0.6 is 0 Å². The van der Waals surface area contributed by atoms with Gasteiger partial charge in [-0.15, -0.1) is 4.41 Å². The van der Waals surface area contributed by atoms with E-state index in [-0.39, 0.29) is 19.1 Å². The van der Waals surface area contributed by atoms with Gasteiger partial charge >= 0.3 is 12.1 Å². The van der Waals surface area contributed by atoms with Gasteiger partial charge in [-0.05, 0) is 32.3 Å². The third-order valence-corrected chi connectivity index (χ3v) is 5.64. The summed E-state index contributed by atoms with van der Waals surface area (Å²) in [6.07, 6.45) is -0.798. The van der Waals surface area contributed by atoms with E-state index >= 15 is 0 Å². The average molecular weight is 395 g/mol. The maximum Gasteiger partial charge on any atom is 0.425 e. The van der Waals surface area contributed by atoms with Gasteiger partial charge in [0.05, 0.1) is 6.54 Å². The van der Waals surface area contributed by atoms with Crippen molar-refractivity contribution in [3.05, 3.63) is 35.9 Å². The van der Waals surface area contributed by atoms with Crippen LogP contribution < -0.4 is 0 Å². The van der Waals surface area contributed by atoms with E-state index < -0.39 is 40.4 Å². The minimum absolute atomic E-state index is 0.0472. The second kappa shape index (κ2) is 6.88. The SMILES string of the molecule is CC1C(c2ccccc2)C1(C(=O)OC(C)(C)C)N(N1CCOC1=O)S(=O)[O-].